The predicted octanol–water partition coefficient (Wildman–Crippen LogP) is 3.86. The first-order valence-corrected chi connectivity index (χ1v) is 8.33. The molecule has 0 radical (unpaired) electrons. The van der Waals surface area contributed by atoms with Gasteiger partial charge in [-0.3, -0.25) is 0 Å². The average molecular weight is 367 g/mol. The smallest absolute Gasteiger partial charge is 0.321 e. The maximum Gasteiger partial charge on any atom is 0.321 e. The predicted molar refractivity (Wildman–Crippen MR) is 92.7 cm³/mol. The molecule has 2 amide bonds. The number of likely N-dealkylation sites (tertiary alicyclic amines) is 1. The Morgan fingerprint density at radius 1 is 1.29 bits per heavy atom. The summed E-state index contributed by atoms with van der Waals surface area (Å²) in [5, 5.41) is 11.4. The molecule has 0 spiro atoms. The Labute approximate surface area is 149 Å². The van der Waals surface area contributed by atoms with E-state index in [1.807, 2.05) is 0 Å². The van der Waals surface area contributed by atoms with E-state index in [1.165, 1.54) is 0 Å². The van der Waals surface area contributed by atoms with Crippen molar-refractivity contribution in [2.75, 3.05) is 18.4 Å². The minimum Gasteiger partial charge on any atom is -0.471 e. The molecule has 3 rings (SSSR count). The van der Waals surface area contributed by atoms with Crippen LogP contribution in [0.5, 0.6) is 5.88 Å². The molecule has 8 heteroatoms. The van der Waals surface area contributed by atoms with Crippen LogP contribution in [0.3, 0.4) is 0 Å². The maximum absolute atomic E-state index is 12.4. The van der Waals surface area contributed by atoms with Crippen LogP contribution in [0.25, 0.3) is 0 Å². The molecule has 0 aliphatic carbocycles. The zero-order chi connectivity index (χ0) is 16.9. The Hall–Kier alpha value is -2.05. The van der Waals surface area contributed by atoms with Crippen LogP contribution in [0.2, 0.25) is 10.0 Å². The summed E-state index contributed by atoms with van der Waals surface area (Å²) in [5.74, 6) is 0.467. The second-order valence-electron chi connectivity index (χ2n) is 5.45. The van der Waals surface area contributed by atoms with Gasteiger partial charge >= 0.3 is 6.03 Å². The van der Waals surface area contributed by atoms with E-state index in [0.717, 1.165) is 12.8 Å². The molecule has 2 aromatic rings. The third kappa shape index (κ3) is 4.27. The van der Waals surface area contributed by atoms with Gasteiger partial charge in [0.1, 0.15) is 6.10 Å². The van der Waals surface area contributed by atoms with Gasteiger partial charge in [-0.15, -0.1) is 5.10 Å². The summed E-state index contributed by atoms with van der Waals surface area (Å²) in [6, 6.07) is 8.31. The summed E-state index contributed by atoms with van der Waals surface area (Å²) >= 11 is 11.8. The quantitative estimate of drug-likeness (QED) is 0.895. The largest absolute Gasteiger partial charge is 0.471 e. The highest BCUT2D eigenvalue weighted by atomic mass is 35.5. The number of anilines is 1. The standard InChI is InChI=1S/C16H16Cl2N4O2/c17-13-6-5-11(9-14(13)18)20-16(23)22-8-2-3-12(10-22)24-15-4-1-7-19-21-15/h1,4-7,9,12H,2-3,8,10H2,(H,20,23). The van der Waals surface area contributed by atoms with Crippen LogP contribution in [0.15, 0.2) is 36.5 Å². The number of carbonyl (C=O) groups is 1. The highest BCUT2D eigenvalue weighted by molar-refractivity contribution is 6.42. The van der Waals surface area contributed by atoms with Crippen LogP contribution >= 0.6 is 23.2 Å². The number of rotatable bonds is 3. The number of nitrogens with one attached hydrogen (secondary N) is 1. The molecule has 24 heavy (non-hydrogen) atoms. The van der Waals surface area contributed by atoms with Gasteiger partial charge < -0.3 is 15.0 Å². The second kappa shape index (κ2) is 7.68. The fourth-order valence-corrected chi connectivity index (χ4v) is 2.81. The summed E-state index contributed by atoms with van der Waals surface area (Å²) in [6.45, 7) is 1.16. The molecule has 1 saturated heterocycles. The van der Waals surface area contributed by atoms with E-state index < -0.39 is 0 Å². The number of nitrogens with zero attached hydrogens (tertiary/aromatic N) is 3. The monoisotopic (exact) mass is 366 g/mol. The van der Waals surface area contributed by atoms with E-state index in [1.54, 1.807) is 41.4 Å². The molecule has 1 aliphatic heterocycles. The summed E-state index contributed by atoms with van der Waals surface area (Å²) in [4.78, 5) is 14.1. The van der Waals surface area contributed by atoms with Crippen molar-refractivity contribution < 1.29 is 9.53 Å². The molecule has 1 aliphatic rings. The van der Waals surface area contributed by atoms with Crippen LogP contribution in [0.4, 0.5) is 10.5 Å². The summed E-state index contributed by atoms with van der Waals surface area (Å²) in [6.07, 6.45) is 3.22. The van der Waals surface area contributed by atoms with Crippen molar-refractivity contribution in [1.29, 1.82) is 0 Å². The molecular formula is C16H16Cl2N4O2. The number of aromatic nitrogens is 2. The van der Waals surface area contributed by atoms with Crippen LogP contribution in [0.1, 0.15) is 12.8 Å². The van der Waals surface area contributed by atoms with E-state index in [-0.39, 0.29) is 12.1 Å². The van der Waals surface area contributed by atoms with Gasteiger partial charge in [-0.1, -0.05) is 23.2 Å². The first-order valence-electron chi connectivity index (χ1n) is 7.57. The second-order valence-corrected chi connectivity index (χ2v) is 6.26. The lowest BCUT2D eigenvalue weighted by Crippen LogP contribution is -2.46. The minimum atomic E-state index is -0.194. The lowest BCUT2D eigenvalue weighted by atomic mass is 10.1. The molecule has 126 valence electrons. The van der Waals surface area contributed by atoms with Crippen molar-refractivity contribution in [3.8, 4) is 5.88 Å². The van der Waals surface area contributed by atoms with Gasteiger partial charge in [0.15, 0.2) is 0 Å². The Kier molecular flexibility index (Phi) is 5.37. The van der Waals surface area contributed by atoms with Gasteiger partial charge in [-0.2, -0.15) is 5.10 Å². The number of hydrogen-bond acceptors (Lipinski definition) is 4. The van der Waals surface area contributed by atoms with Crippen LogP contribution in [0, 0.1) is 0 Å². The highest BCUT2D eigenvalue weighted by Crippen LogP contribution is 2.25. The molecule has 1 atom stereocenters. The lowest BCUT2D eigenvalue weighted by Gasteiger charge is -2.32. The molecule has 0 saturated carbocycles. The van der Waals surface area contributed by atoms with Crippen molar-refractivity contribution in [2.45, 2.75) is 18.9 Å². The zero-order valence-corrected chi connectivity index (χ0v) is 14.3. The average Bonchev–Trinajstić information content (AvgIpc) is 2.59. The Bertz CT molecular complexity index is 714. The molecule has 1 unspecified atom stereocenters. The van der Waals surface area contributed by atoms with E-state index >= 15 is 0 Å². The topological polar surface area (TPSA) is 67.4 Å². The third-order valence-electron chi connectivity index (χ3n) is 3.67. The van der Waals surface area contributed by atoms with E-state index in [4.69, 9.17) is 27.9 Å². The number of halogens is 2. The number of carbonyl (C=O) groups excluding carboxylic acids is 1. The first kappa shape index (κ1) is 16.8. The number of hydrogen-bond donors (Lipinski definition) is 1. The van der Waals surface area contributed by atoms with Crippen molar-refractivity contribution in [3.63, 3.8) is 0 Å². The van der Waals surface area contributed by atoms with E-state index in [0.29, 0.717) is 34.7 Å². The molecule has 2 heterocycles. The number of piperidine rings is 1. The molecule has 1 aromatic carbocycles. The summed E-state index contributed by atoms with van der Waals surface area (Å²) < 4.78 is 5.79. The normalized spacial score (nSPS) is 17.4. The van der Waals surface area contributed by atoms with Gasteiger partial charge in [-0.05, 0) is 37.1 Å². The third-order valence-corrected chi connectivity index (χ3v) is 4.41. The number of ether oxygens (including phenoxy) is 1. The van der Waals surface area contributed by atoms with Crippen molar-refractivity contribution in [3.05, 3.63) is 46.6 Å². The zero-order valence-electron chi connectivity index (χ0n) is 12.8. The van der Waals surface area contributed by atoms with Crippen molar-refractivity contribution in [2.24, 2.45) is 0 Å². The Balaban J connectivity index is 1.59. The van der Waals surface area contributed by atoms with Gasteiger partial charge in [0.2, 0.25) is 5.88 Å². The van der Waals surface area contributed by atoms with Gasteiger partial charge in [0.25, 0.3) is 0 Å². The fourth-order valence-electron chi connectivity index (χ4n) is 2.52. The van der Waals surface area contributed by atoms with Gasteiger partial charge in [0, 0.05) is 24.5 Å². The first-order chi connectivity index (χ1) is 11.6. The van der Waals surface area contributed by atoms with Gasteiger partial charge in [0.05, 0.1) is 16.6 Å². The van der Waals surface area contributed by atoms with Crippen LogP contribution < -0.4 is 10.1 Å². The maximum atomic E-state index is 12.4. The molecule has 0 bridgehead atoms. The number of urea groups is 1. The lowest BCUT2D eigenvalue weighted by molar-refractivity contribution is 0.102. The highest BCUT2D eigenvalue weighted by Gasteiger charge is 2.25. The Morgan fingerprint density at radius 3 is 2.92 bits per heavy atom. The molecule has 1 N–H and O–H groups in total. The molecule has 1 fully saturated rings. The molecule has 1 aromatic heterocycles. The van der Waals surface area contributed by atoms with E-state index in [2.05, 4.69) is 15.5 Å². The number of benzene rings is 1. The fraction of sp³-hybridized carbons (Fsp3) is 0.312. The SMILES string of the molecule is O=C(Nc1ccc(Cl)c(Cl)c1)N1CCCC(Oc2cccnn2)C1. The van der Waals surface area contributed by atoms with Crippen LogP contribution in [-0.2, 0) is 0 Å². The minimum absolute atomic E-state index is 0.102. The summed E-state index contributed by atoms with van der Waals surface area (Å²) in [5.41, 5.74) is 0.603. The van der Waals surface area contributed by atoms with Crippen LogP contribution in [-0.4, -0.2) is 40.3 Å². The molecular weight excluding hydrogens is 351 g/mol. The summed E-state index contributed by atoms with van der Waals surface area (Å²) in [7, 11) is 0. The molecule has 6 nitrogen and oxygen atoms in total. The van der Waals surface area contributed by atoms with Gasteiger partial charge in [-0.25, -0.2) is 4.79 Å². The number of amides is 2. The Morgan fingerprint density at radius 2 is 2.17 bits per heavy atom. The van der Waals surface area contributed by atoms with Crippen molar-refractivity contribution >= 4 is 34.9 Å². The van der Waals surface area contributed by atoms with E-state index in [9.17, 15) is 4.79 Å². The van der Waals surface area contributed by atoms with Crippen molar-refractivity contribution in [1.82, 2.24) is 15.1 Å².